The van der Waals surface area contributed by atoms with Gasteiger partial charge in [0.05, 0.1) is 0 Å². The summed E-state index contributed by atoms with van der Waals surface area (Å²) in [4.78, 5) is 9.75. The molecule has 0 spiro atoms. The summed E-state index contributed by atoms with van der Waals surface area (Å²) in [5.41, 5.74) is 3.09. The SMILES string of the molecule is CN(C)Cc1ccccc1[CH2][Sn]([CH3])([CH3])[CH3]. The van der Waals surface area contributed by atoms with Gasteiger partial charge in [-0.3, -0.25) is 0 Å². The third-order valence-electron chi connectivity index (χ3n) is 2.33. The van der Waals surface area contributed by atoms with E-state index in [1.807, 2.05) is 0 Å². The zero-order valence-electron chi connectivity index (χ0n) is 10.7. The fraction of sp³-hybridized carbons (Fsp3) is 0.538. The fourth-order valence-electron chi connectivity index (χ4n) is 1.80. The molecule has 2 heteroatoms. The molecule has 1 nitrogen and oxygen atoms in total. The van der Waals surface area contributed by atoms with Gasteiger partial charge < -0.3 is 0 Å². The molecular formula is C13H23NSn. The number of hydrogen-bond donors (Lipinski definition) is 0. The van der Waals surface area contributed by atoms with Crippen LogP contribution in [0.4, 0.5) is 0 Å². The molecule has 0 aliphatic carbocycles. The van der Waals surface area contributed by atoms with Crippen LogP contribution in [0.25, 0.3) is 0 Å². The molecule has 0 bridgehead atoms. The van der Waals surface area contributed by atoms with E-state index in [4.69, 9.17) is 0 Å². The van der Waals surface area contributed by atoms with E-state index in [1.165, 1.54) is 10.0 Å². The van der Waals surface area contributed by atoms with Crippen LogP contribution in [-0.4, -0.2) is 37.4 Å². The Morgan fingerprint density at radius 2 is 1.53 bits per heavy atom. The Balaban J connectivity index is 2.86. The number of hydrogen-bond acceptors (Lipinski definition) is 1. The van der Waals surface area contributed by atoms with Gasteiger partial charge in [-0.2, -0.15) is 0 Å². The number of benzene rings is 1. The molecule has 0 saturated carbocycles. The van der Waals surface area contributed by atoms with Gasteiger partial charge in [-0.1, -0.05) is 0 Å². The van der Waals surface area contributed by atoms with Gasteiger partial charge in [-0.05, 0) is 0 Å². The molecule has 0 aromatic heterocycles. The predicted octanol–water partition coefficient (Wildman–Crippen LogP) is 3.17. The van der Waals surface area contributed by atoms with E-state index in [0.717, 1.165) is 6.54 Å². The molecule has 0 saturated heterocycles. The monoisotopic (exact) mass is 313 g/mol. The standard InChI is InChI=1S/C10H14N.3CH3.Sn/c1-9-6-4-5-7-10(9)8-11(2)3;;;;/h4-7H,1,8H2,2-3H3;3*1H3;. The van der Waals surface area contributed by atoms with Crippen molar-refractivity contribution in [3.63, 3.8) is 0 Å². The molecule has 1 rings (SSSR count). The van der Waals surface area contributed by atoms with Gasteiger partial charge in [0.15, 0.2) is 0 Å². The van der Waals surface area contributed by atoms with Gasteiger partial charge in [0.1, 0.15) is 0 Å². The molecule has 0 fully saturated rings. The van der Waals surface area contributed by atoms with Gasteiger partial charge in [-0.15, -0.1) is 0 Å². The first kappa shape index (κ1) is 13.0. The first-order valence-electron chi connectivity index (χ1n) is 5.60. The summed E-state index contributed by atoms with van der Waals surface area (Å²) in [5.74, 6) is 0. The van der Waals surface area contributed by atoms with E-state index in [-0.39, 0.29) is 0 Å². The van der Waals surface area contributed by atoms with Crippen LogP contribution in [0.3, 0.4) is 0 Å². The third kappa shape index (κ3) is 5.03. The van der Waals surface area contributed by atoms with Gasteiger partial charge in [0.2, 0.25) is 0 Å². The Bertz CT molecular complexity index is 313. The van der Waals surface area contributed by atoms with E-state index in [0.29, 0.717) is 0 Å². The summed E-state index contributed by atoms with van der Waals surface area (Å²) < 4.78 is 1.36. The van der Waals surface area contributed by atoms with Crippen molar-refractivity contribution in [3.05, 3.63) is 35.4 Å². The van der Waals surface area contributed by atoms with Crippen LogP contribution < -0.4 is 0 Å². The first-order valence-corrected chi connectivity index (χ1v) is 16.2. The van der Waals surface area contributed by atoms with Crippen molar-refractivity contribution in [2.75, 3.05) is 14.1 Å². The van der Waals surface area contributed by atoms with Crippen LogP contribution in [0.15, 0.2) is 24.3 Å². The second kappa shape index (κ2) is 5.35. The van der Waals surface area contributed by atoms with Crippen LogP contribution in [0, 0.1) is 0 Å². The average molecular weight is 312 g/mol. The van der Waals surface area contributed by atoms with Crippen LogP contribution >= 0.6 is 0 Å². The fourth-order valence-corrected chi connectivity index (χ4v) is 6.04. The van der Waals surface area contributed by atoms with E-state index < -0.39 is 18.4 Å². The van der Waals surface area contributed by atoms with Crippen LogP contribution in [0.1, 0.15) is 11.1 Å². The van der Waals surface area contributed by atoms with Crippen molar-refractivity contribution in [2.24, 2.45) is 0 Å². The van der Waals surface area contributed by atoms with Crippen LogP contribution in [0.5, 0.6) is 0 Å². The maximum absolute atomic E-state index is 2.50. The average Bonchev–Trinajstić information content (AvgIpc) is 2.05. The van der Waals surface area contributed by atoms with Crippen molar-refractivity contribution < 1.29 is 0 Å². The predicted molar refractivity (Wildman–Crippen MR) is 70.9 cm³/mol. The molecular weight excluding hydrogens is 289 g/mol. The minimum absolute atomic E-state index is 1.07. The molecule has 0 amide bonds. The van der Waals surface area contributed by atoms with E-state index in [9.17, 15) is 0 Å². The first-order chi connectivity index (χ1) is 6.88. The van der Waals surface area contributed by atoms with Crippen molar-refractivity contribution in [3.8, 4) is 0 Å². The Hall–Kier alpha value is -0.0213. The topological polar surface area (TPSA) is 3.24 Å². The third-order valence-corrected chi connectivity index (χ3v) is 6.44. The van der Waals surface area contributed by atoms with Gasteiger partial charge in [0, 0.05) is 0 Å². The molecule has 0 heterocycles. The summed E-state index contributed by atoms with van der Waals surface area (Å²) in [7, 11) is 4.27. The van der Waals surface area contributed by atoms with Crippen LogP contribution in [-0.2, 0) is 11.0 Å². The Morgan fingerprint density at radius 3 is 2.00 bits per heavy atom. The zero-order valence-corrected chi connectivity index (χ0v) is 13.5. The molecule has 0 unspecified atom stereocenters. The second-order valence-electron chi connectivity index (χ2n) is 5.74. The van der Waals surface area contributed by atoms with Gasteiger partial charge in [-0.25, -0.2) is 0 Å². The van der Waals surface area contributed by atoms with E-state index >= 15 is 0 Å². The summed E-state index contributed by atoms with van der Waals surface area (Å²) in [6.07, 6.45) is 0. The molecule has 0 atom stereocenters. The molecule has 15 heavy (non-hydrogen) atoms. The zero-order chi connectivity index (χ0) is 11.5. The summed E-state index contributed by atoms with van der Waals surface area (Å²) in [5, 5.41) is 0. The van der Waals surface area contributed by atoms with E-state index in [1.54, 1.807) is 5.56 Å². The number of nitrogens with zero attached hydrogens (tertiary/aromatic N) is 1. The molecule has 0 radical (unpaired) electrons. The second-order valence-corrected chi connectivity index (χ2v) is 21.4. The van der Waals surface area contributed by atoms with Crippen molar-refractivity contribution >= 4 is 18.4 Å². The molecule has 1 aromatic carbocycles. The molecule has 0 aliphatic heterocycles. The van der Waals surface area contributed by atoms with E-state index in [2.05, 4.69) is 58.1 Å². The summed E-state index contributed by atoms with van der Waals surface area (Å²) >= 11 is -1.70. The Morgan fingerprint density at radius 1 is 1.00 bits per heavy atom. The Labute approximate surface area is 98.4 Å². The number of rotatable bonds is 4. The van der Waals surface area contributed by atoms with Crippen molar-refractivity contribution in [1.82, 2.24) is 4.90 Å². The summed E-state index contributed by atoms with van der Waals surface area (Å²) in [6.45, 7) is 1.07. The Kier molecular flexibility index (Phi) is 4.65. The van der Waals surface area contributed by atoms with Gasteiger partial charge in [0.25, 0.3) is 0 Å². The van der Waals surface area contributed by atoms with Crippen molar-refractivity contribution in [1.29, 1.82) is 0 Å². The quantitative estimate of drug-likeness (QED) is 0.772. The molecule has 84 valence electrons. The normalized spacial score (nSPS) is 12.1. The molecule has 0 N–H and O–H groups in total. The van der Waals surface area contributed by atoms with Crippen molar-refractivity contribution in [2.45, 2.75) is 25.8 Å². The molecule has 1 aromatic rings. The summed E-state index contributed by atoms with van der Waals surface area (Å²) in [6, 6.07) is 8.90. The van der Waals surface area contributed by atoms with Gasteiger partial charge >= 0.3 is 98.6 Å². The molecule has 0 aliphatic rings. The van der Waals surface area contributed by atoms with Crippen LogP contribution in [0.2, 0.25) is 14.8 Å². The maximum atomic E-state index is 2.50. The minimum atomic E-state index is -1.70.